The summed E-state index contributed by atoms with van der Waals surface area (Å²) in [4.78, 5) is 10.4. The van der Waals surface area contributed by atoms with Gasteiger partial charge in [0.05, 0.1) is 15.0 Å². The van der Waals surface area contributed by atoms with Crippen LogP contribution in [0.25, 0.3) is 0 Å². The van der Waals surface area contributed by atoms with Gasteiger partial charge in [-0.25, -0.2) is 9.97 Å². The molecule has 0 spiro atoms. The highest BCUT2D eigenvalue weighted by atomic mass is 127. The molecule has 0 saturated carbocycles. The number of nitrogens with zero attached hydrogens (tertiary/aromatic N) is 2. The lowest BCUT2D eigenvalue weighted by Gasteiger charge is -2.20. The number of nitrogen functional groups attached to an aromatic ring is 1. The van der Waals surface area contributed by atoms with E-state index in [-0.39, 0.29) is 5.41 Å². The molecule has 0 unspecified atom stereocenters. The lowest BCUT2D eigenvalue weighted by atomic mass is 9.92. The van der Waals surface area contributed by atoms with Gasteiger partial charge in [-0.3, -0.25) is 0 Å². The van der Waals surface area contributed by atoms with Crippen LogP contribution in [0.4, 0.5) is 5.82 Å². The first-order chi connectivity index (χ1) is 9.79. The Hall–Kier alpha value is -0.820. The zero-order valence-electron chi connectivity index (χ0n) is 12.8. The minimum Gasteiger partial charge on any atom is -0.383 e. The van der Waals surface area contributed by atoms with E-state index < -0.39 is 0 Å². The van der Waals surface area contributed by atoms with Crippen LogP contribution < -0.4 is 5.73 Å². The van der Waals surface area contributed by atoms with Gasteiger partial charge in [-0.05, 0) is 41.1 Å². The van der Waals surface area contributed by atoms with Crippen molar-refractivity contribution in [2.24, 2.45) is 0 Å². The second-order valence-electron chi connectivity index (χ2n) is 5.99. The molecule has 2 rings (SSSR count). The second-order valence-corrected chi connectivity index (χ2v) is 8.09. The highest BCUT2D eigenvalue weighted by Crippen LogP contribution is 2.30. The third-order valence-corrected chi connectivity index (χ3v) is 5.32. The molecular formula is C16H20IN3S. The Morgan fingerprint density at radius 1 is 1.19 bits per heavy atom. The molecule has 3 nitrogen and oxygen atoms in total. The molecule has 21 heavy (non-hydrogen) atoms. The molecule has 1 aromatic carbocycles. The molecule has 5 heteroatoms. The van der Waals surface area contributed by atoms with Crippen LogP contribution in [-0.4, -0.2) is 9.97 Å². The summed E-state index contributed by atoms with van der Waals surface area (Å²) in [6.07, 6.45) is 0. The standard InChI is InChI=1S/C16H20IN3S/c1-10-7-5-6-8-11(10)21-9-12-19-14(16(2,3)4)13(17)15(18)20-12/h5-8H,9H2,1-4H3,(H2,18,19,20). The van der Waals surface area contributed by atoms with Crippen LogP contribution in [0, 0.1) is 10.5 Å². The molecule has 2 aromatic rings. The van der Waals surface area contributed by atoms with Crippen LogP contribution in [0.5, 0.6) is 0 Å². The number of anilines is 1. The second kappa shape index (κ2) is 6.52. The van der Waals surface area contributed by atoms with Gasteiger partial charge < -0.3 is 5.73 Å². The number of thioether (sulfide) groups is 1. The fourth-order valence-corrected chi connectivity index (χ4v) is 3.87. The van der Waals surface area contributed by atoms with Crippen LogP contribution in [0.15, 0.2) is 29.2 Å². The van der Waals surface area contributed by atoms with Gasteiger partial charge in [0.25, 0.3) is 0 Å². The number of aromatic nitrogens is 2. The molecule has 2 N–H and O–H groups in total. The van der Waals surface area contributed by atoms with E-state index >= 15 is 0 Å². The molecule has 0 amide bonds. The largest absolute Gasteiger partial charge is 0.383 e. The summed E-state index contributed by atoms with van der Waals surface area (Å²) >= 11 is 3.99. The first-order valence-electron chi connectivity index (χ1n) is 6.80. The number of rotatable bonds is 3. The van der Waals surface area contributed by atoms with Crippen LogP contribution in [0.3, 0.4) is 0 Å². The highest BCUT2D eigenvalue weighted by molar-refractivity contribution is 14.1. The molecule has 1 aromatic heterocycles. The Kier molecular flexibility index (Phi) is 5.14. The van der Waals surface area contributed by atoms with E-state index in [0.29, 0.717) is 5.82 Å². The quantitative estimate of drug-likeness (QED) is 0.592. The molecule has 112 valence electrons. The molecule has 0 fully saturated rings. The molecule has 0 radical (unpaired) electrons. The van der Waals surface area contributed by atoms with Crippen molar-refractivity contribution in [3.05, 3.63) is 44.9 Å². The summed E-state index contributed by atoms with van der Waals surface area (Å²) in [6.45, 7) is 8.56. The average molecular weight is 413 g/mol. The predicted molar refractivity (Wildman–Crippen MR) is 98.6 cm³/mol. The van der Waals surface area contributed by atoms with E-state index in [1.165, 1.54) is 10.5 Å². The summed E-state index contributed by atoms with van der Waals surface area (Å²) in [7, 11) is 0. The minimum absolute atomic E-state index is 0.0321. The maximum Gasteiger partial charge on any atom is 0.141 e. The zero-order valence-corrected chi connectivity index (χ0v) is 15.7. The fraction of sp³-hybridized carbons (Fsp3) is 0.375. The number of hydrogen-bond donors (Lipinski definition) is 1. The third-order valence-electron chi connectivity index (χ3n) is 3.08. The Labute approximate surface area is 144 Å². The molecule has 0 aliphatic rings. The highest BCUT2D eigenvalue weighted by Gasteiger charge is 2.22. The van der Waals surface area contributed by atoms with Crippen LogP contribution >= 0.6 is 34.4 Å². The SMILES string of the molecule is Cc1ccccc1SCc1nc(N)c(I)c(C(C)(C)C)n1. The number of nitrogens with two attached hydrogens (primary N) is 1. The lowest BCUT2D eigenvalue weighted by Crippen LogP contribution is -2.19. The first kappa shape index (κ1) is 16.5. The van der Waals surface area contributed by atoms with Crippen LogP contribution in [0.1, 0.15) is 37.9 Å². The molecular weight excluding hydrogens is 393 g/mol. The van der Waals surface area contributed by atoms with Crippen molar-refractivity contribution >= 4 is 40.2 Å². The summed E-state index contributed by atoms with van der Waals surface area (Å²) in [5, 5.41) is 0. The van der Waals surface area contributed by atoms with Gasteiger partial charge in [0, 0.05) is 10.3 Å². The van der Waals surface area contributed by atoms with Gasteiger partial charge in [-0.1, -0.05) is 39.0 Å². The van der Waals surface area contributed by atoms with Crippen molar-refractivity contribution in [3.8, 4) is 0 Å². The number of hydrogen-bond acceptors (Lipinski definition) is 4. The predicted octanol–water partition coefficient (Wildman–Crippen LogP) is 4.56. The molecule has 0 bridgehead atoms. The topological polar surface area (TPSA) is 51.8 Å². The van der Waals surface area contributed by atoms with E-state index in [1.54, 1.807) is 11.8 Å². The Morgan fingerprint density at radius 2 is 1.86 bits per heavy atom. The van der Waals surface area contributed by atoms with Crippen molar-refractivity contribution in [2.45, 2.75) is 43.8 Å². The van der Waals surface area contributed by atoms with E-state index in [9.17, 15) is 0 Å². The normalized spacial score (nSPS) is 11.7. The Morgan fingerprint density at radius 3 is 2.48 bits per heavy atom. The summed E-state index contributed by atoms with van der Waals surface area (Å²) in [6, 6.07) is 8.35. The van der Waals surface area contributed by atoms with Crippen molar-refractivity contribution < 1.29 is 0 Å². The molecule has 1 heterocycles. The molecule has 0 saturated heterocycles. The zero-order chi connectivity index (χ0) is 15.6. The summed E-state index contributed by atoms with van der Waals surface area (Å²) < 4.78 is 0.963. The monoisotopic (exact) mass is 413 g/mol. The van der Waals surface area contributed by atoms with Gasteiger partial charge in [0.15, 0.2) is 0 Å². The number of benzene rings is 1. The van der Waals surface area contributed by atoms with Gasteiger partial charge in [-0.15, -0.1) is 11.8 Å². The van der Waals surface area contributed by atoms with Gasteiger partial charge in [0.1, 0.15) is 11.6 Å². The number of aryl methyl sites for hydroxylation is 1. The van der Waals surface area contributed by atoms with Crippen LogP contribution in [0.2, 0.25) is 0 Å². The third kappa shape index (κ3) is 4.10. The van der Waals surface area contributed by atoms with E-state index in [1.807, 2.05) is 0 Å². The van der Waals surface area contributed by atoms with Gasteiger partial charge >= 0.3 is 0 Å². The van der Waals surface area contributed by atoms with Gasteiger partial charge in [-0.2, -0.15) is 0 Å². The Balaban J connectivity index is 2.26. The van der Waals surface area contributed by atoms with Crippen molar-refractivity contribution in [1.29, 1.82) is 0 Å². The van der Waals surface area contributed by atoms with E-state index in [4.69, 9.17) is 10.7 Å². The number of halogens is 1. The lowest BCUT2D eigenvalue weighted by molar-refractivity contribution is 0.560. The first-order valence-corrected chi connectivity index (χ1v) is 8.86. The smallest absolute Gasteiger partial charge is 0.141 e. The molecule has 0 aliphatic carbocycles. The summed E-state index contributed by atoms with van der Waals surface area (Å²) in [5.74, 6) is 2.11. The van der Waals surface area contributed by atoms with Crippen molar-refractivity contribution in [3.63, 3.8) is 0 Å². The fourth-order valence-electron chi connectivity index (χ4n) is 1.93. The summed E-state index contributed by atoms with van der Waals surface area (Å²) in [5.41, 5.74) is 8.32. The van der Waals surface area contributed by atoms with Crippen molar-refractivity contribution in [1.82, 2.24) is 9.97 Å². The van der Waals surface area contributed by atoms with Gasteiger partial charge in [0.2, 0.25) is 0 Å². The van der Waals surface area contributed by atoms with E-state index in [0.717, 1.165) is 20.8 Å². The molecule has 0 atom stereocenters. The van der Waals surface area contributed by atoms with Crippen LogP contribution in [-0.2, 0) is 11.2 Å². The Bertz CT molecular complexity index is 650. The van der Waals surface area contributed by atoms with E-state index in [2.05, 4.69) is 79.5 Å². The maximum atomic E-state index is 6.05. The minimum atomic E-state index is -0.0321. The maximum absolute atomic E-state index is 6.05. The van der Waals surface area contributed by atoms with Crippen molar-refractivity contribution in [2.75, 3.05) is 5.73 Å². The average Bonchev–Trinajstić information content (AvgIpc) is 2.40. The molecule has 0 aliphatic heterocycles.